The van der Waals surface area contributed by atoms with Gasteiger partial charge in [-0.3, -0.25) is 4.79 Å². The van der Waals surface area contributed by atoms with E-state index in [0.29, 0.717) is 11.3 Å². The monoisotopic (exact) mass is 329 g/mol. The summed E-state index contributed by atoms with van der Waals surface area (Å²) >= 11 is 5.80. The Hall–Kier alpha value is -2.91. The van der Waals surface area contributed by atoms with Gasteiger partial charge >= 0.3 is 5.97 Å². The number of ether oxygens (including phenoxy) is 1. The zero-order valence-corrected chi connectivity index (χ0v) is 12.9. The first kappa shape index (κ1) is 16.5. The Labute approximate surface area is 137 Å². The fraction of sp³-hybridized carbons (Fsp3) is 0.125. The molecule has 0 bridgehead atoms. The molecule has 23 heavy (non-hydrogen) atoms. The summed E-state index contributed by atoms with van der Waals surface area (Å²) in [5, 5.41) is 11.5. The van der Waals surface area contributed by atoms with Crippen molar-refractivity contribution in [3.05, 3.63) is 58.9 Å². The molecule has 1 atom stereocenters. The third-order valence-corrected chi connectivity index (χ3v) is 3.24. The minimum Gasteiger partial charge on any atom is -0.449 e. The minimum atomic E-state index is -1.06. The lowest BCUT2D eigenvalue weighted by Gasteiger charge is -2.14. The van der Waals surface area contributed by atoms with Crippen LogP contribution in [0.2, 0.25) is 5.15 Å². The van der Waals surface area contributed by atoms with Gasteiger partial charge in [0, 0.05) is 6.20 Å². The van der Waals surface area contributed by atoms with Crippen LogP contribution >= 0.6 is 11.6 Å². The Morgan fingerprint density at radius 2 is 2.04 bits per heavy atom. The number of aromatic nitrogens is 1. The van der Waals surface area contributed by atoms with Crippen molar-refractivity contribution in [2.45, 2.75) is 13.0 Å². The summed E-state index contributed by atoms with van der Waals surface area (Å²) < 4.78 is 5.07. The van der Waals surface area contributed by atoms with Crippen molar-refractivity contribution < 1.29 is 14.3 Å². The van der Waals surface area contributed by atoms with Gasteiger partial charge in [-0.1, -0.05) is 23.7 Å². The highest BCUT2D eigenvalue weighted by Gasteiger charge is 2.21. The Morgan fingerprint density at radius 1 is 1.30 bits per heavy atom. The van der Waals surface area contributed by atoms with Crippen LogP contribution < -0.4 is 5.32 Å². The van der Waals surface area contributed by atoms with Gasteiger partial charge in [-0.25, -0.2) is 9.78 Å². The third-order valence-electron chi connectivity index (χ3n) is 2.94. The summed E-state index contributed by atoms with van der Waals surface area (Å²) in [6, 6.07) is 11.5. The molecule has 2 rings (SSSR count). The number of nitrogens with zero attached hydrogens (tertiary/aromatic N) is 2. The Bertz CT molecular complexity index is 786. The summed E-state index contributed by atoms with van der Waals surface area (Å²) in [4.78, 5) is 27.8. The molecule has 0 saturated heterocycles. The molecule has 2 aromatic rings. The Morgan fingerprint density at radius 3 is 2.74 bits per heavy atom. The number of para-hydroxylation sites is 1. The van der Waals surface area contributed by atoms with Crippen LogP contribution in [0.3, 0.4) is 0 Å². The van der Waals surface area contributed by atoms with Crippen LogP contribution in [0.4, 0.5) is 5.69 Å². The standard InChI is InChI=1S/C16H12ClN3O3/c1-10(23-16(22)12-6-4-8-19-14(12)17)15(21)20-13-7-3-2-5-11(13)9-18/h2-8,10H,1H3,(H,20,21)/t10-/m0/s1. The van der Waals surface area contributed by atoms with E-state index >= 15 is 0 Å². The van der Waals surface area contributed by atoms with Crippen LogP contribution in [0.15, 0.2) is 42.6 Å². The molecule has 0 radical (unpaired) electrons. The molecule has 0 aliphatic carbocycles. The molecule has 0 fully saturated rings. The highest BCUT2D eigenvalue weighted by atomic mass is 35.5. The molecule has 7 heteroatoms. The summed E-state index contributed by atoms with van der Waals surface area (Å²) in [7, 11) is 0. The van der Waals surface area contributed by atoms with E-state index in [2.05, 4.69) is 10.3 Å². The van der Waals surface area contributed by atoms with E-state index in [-0.39, 0.29) is 10.7 Å². The first-order valence-electron chi connectivity index (χ1n) is 6.64. The van der Waals surface area contributed by atoms with Crippen molar-refractivity contribution in [3.8, 4) is 6.07 Å². The molecule has 1 heterocycles. The smallest absolute Gasteiger partial charge is 0.342 e. The van der Waals surface area contributed by atoms with Crippen LogP contribution in [0.25, 0.3) is 0 Å². The molecule has 1 aromatic heterocycles. The van der Waals surface area contributed by atoms with Crippen LogP contribution in [0.5, 0.6) is 0 Å². The summed E-state index contributed by atoms with van der Waals surface area (Å²) in [6.45, 7) is 1.42. The number of nitrogens with one attached hydrogen (secondary N) is 1. The van der Waals surface area contributed by atoms with Gasteiger partial charge < -0.3 is 10.1 Å². The van der Waals surface area contributed by atoms with Crippen molar-refractivity contribution in [1.29, 1.82) is 5.26 Å². The van der Waals surface area contributed by atoms with E-state index < -0.39 is 18.0 Å². The fourth-order valence-electron chi connectivity index (χ4n) is 1.74. The van der Waals surface area contributed by atoms with E-state index in [1.165, 1.54) is 25.3 Å². The van der Waals surface area contributed by atoms with E-state index in [1.54, 1.807) is 24.3 Å². The zero-order chi connectivity index (χ0) is 16.8. The molecule has 1 amide bonds. The number of anilines is 1. The average Bonchev–Trinajstić information content (AvgIpc) is 2.55. The number of halogens is 1. The number of esters is 1. The van der Waals surface area contributed by atoms with Crippen molar-refractivity contribution >= 4 is 29.2 Å². The number of amides is 1. The quantitative estimate of drug-likeness (QED) is 0.687. The molecule has 0 aliphatic rings. The zero-order valence-electron chi connectivity index (χ0n) is 12.1. The van der Waals surface area contributed by atoms with Gasteiger partial charge in [0.2, 0.25) is 0 Å². The first-order chi connectivity index (χ1) is 11.0. The number of hydrogen-bond donors (Lipinski definition) is 1. The van der Waals surface area contributed by atoms with E-state index in [0.717, 1.165) is 0 Å². The Balaban J connectivity index is 2.05. The van der Waals surface area contributed by atoms with Crippen molar-refractivity contribution in [2.75, 3.05) is 5.32 Å². The molecule has 1 aromatic carbocycles. The normalized spacial score (nSPS) is 11.2. The number of pyridine rings is 1. The van der Waals surface area contributed by atoms with Gasteiger partial charge in [0.05, 0.1) is 16.8 Å². The molecule has 0 aliphatic heterocycles. The van der Waals surface area contributed by atoms with Gasteiger partial charge in [-0.15, -0.1) is 0 Å². The number of carbonyl (C=O) groups is 2. The van der Waals surface area contributed by atoms with Crippen LogP contribution in [-0.2, 0) is 9.53 Å². The molecular weight excluding hydrogens is 318 g/mol. The predicted octanol–water partition coefficient (Wildman–Crippen LogP) is 2.79. The van der Waals surface area contributed by atoms with Gasteiger partial charge in [0.1, 0.15) is 11.2 Å². The maximum atomic E-state index is 12.1. The van der Waals surface area contributed by atoms with Gasteiger partial charge in [0.15, 0.2) is 6.10 Å². The lowest BCUT2D eigenvalue weighted by atomic mass is 10.2. The second-order valence-electron chi connectivity index (χ2n) is 4.54. The molecule has 0 saturated carbocycles. The maximum Gasteiger partial charge on any atom is 0.342 e. The van der Waals surface area contributed by atoms with Crippen LogP contribution in [-0.4, -0.2) is 23.0 Å². The van der Waals surface area contributed by atoms with Gasteiger partial charge in [-0.2, -0.15) is 5.26 Å². The highest BCUT2D eigenvalue weighted by molar-refractivity contribution is 6.32. The van der Waals surface area contributed by atoms with Gasteiger partial charge in [0.25, 0.3) is 5.91 Å². The highest BCUT2D eigenvalue weighted by Crippen LogP contribution is 2.16. The summed E-state index contributed by atoms with van der Waals surface area (Å²) in [5.41, 5.74) is 0.739. The van der Waals surface area contributed by atoms with E-state index in [9.17, 15) is 9.59 Å². The average molecular weight is 330 g/mol. The molecular formula is C16H12ClN3O3. The molecule has 6 nitrogen and oxygen atoms in total. The van der Waals surface area contributed by atoms with Crippen molar-refractivity contribution in [3.63, 3.8) is 0 Å². The van der Waals surface area contributed by atoms with Crippen molar-refractivity contribution in [2.24, 2.45) is 0 Å². The Kier molecular flexibility index (Phi) is 5.28. The van der Waals surface area contributed by atoms with Crippen LogP contribution in [0.1, 0.15) is 22.8 Å². The number of nitriles is 1. The molecule has 0 unspecified atom stereocenters. The predicted molar refractivity (Wildman–Crippen MR) is 83.9 cm³/mol. The number of rotatable bonds is 4. The topological polar surface area (TPSA) is 92.1 Å². The van der Waals surface area contributed by atoms with E-state index in [1.807, 2.05) is 6.07 Å². The summed E-state index contributed by atoms with van der Waals surface area (Å²) in [6.07, 6.45) is 0.374. The second kappa shape index (κ2) is 7.38. The SMILES string of the molecule is C[C@H](OC(=O)c1cccnc1Cl)C(=O)Nc1ccccc1C#N. The van der Waals surface area contributed by atoms with Crippen LogP contribution in [0, 0.1) is 11.3 Å². The number of carbonyl (C=O) groups excluding carboxylic acids is 2. The minimum absolute atomic E-state index is 0.0000608. The summed E-state index contributed by atoms with van der Waals surface area (Å²) in [5.74, 6) is -1.31. The number of benzene rings is 1. The lowest BCUT2D eigenvalue weighted by Crippen LogP contribution is -2.30. The van der Waals surface area contributed by atoms with Gasteiger partial charge in [-0.05, 0) is 31.2 Å². The third kappa shape index (κ3) is 4.05. The fourth-order valence-corrected chi connectivity index (χ4v) is 1.94. The lowest BCUT2D eigenvalue weighted by molar-refractivity contribution is -0.123. The van der Waals surface area contributed by atoms with E-state index in [4.69, 9.17) is 21.6 Å². The van der Waals surface area contributed by atoms with Crippen molar-refractivity contribution in [1.82, 2.24) is 4.98 Å². The first-order valence-corrected chi connectivity index (χ1v) is 7.02. The second-order valence-corrected chi connectivity index (χ2v) is 4.89. The number of hydrogen-bond acceptors (Lipinski definition) is 5. The maximum absolute atomic E-state index is 12.1. The molecule has 0 spiro atoms. The molecule has 1 N–H and O–H groups in total. The largest absolute Gasteiger partial charge is 0.449 e. The molecule has 116 valence electrons.